The molecular formula is C11H19ClN4. The smallest absolute Gasteiger partial charge is 0.140 e. The van der Waals surface area contributed by atoms with E-state index in [9.17, 15) is 0 Å². The molecule has 1 atom stereocenters. The molecular weight excluding hydrogens is 224 g/mol. The Kier molecular flexibility index (Phi) is 3.71. The van der Waals surface area contributed by atoms with Crippen molar-refractivity contribution in [2.45, 2.75) is 32.2 Å². The Labute approximate surface area is 101 Å². The van der Waals surface area contributed by atoms with Crippen LogP contribution < -0.4 is 5.73 Å². The molecule has 1 aliphatic heterocycles. The molecule has 0 aliphatic carbocycles. The van der Waals surface area contributed by atoms with Gasteiger partial charge in [-0.2, -0.15) is 5.10 Å². The predicted octanol–water partition coefficient (Wildman–Crippen LogP) is 2.17. The first-order chi connectivity index (χ1) is 7.72. The molecule has 0 bridgehead atoms. The first kappa shape index (κ1) is 11.7. The van der Waals surface area contributed by atoms with Crippen LogP contribution in [-0.4, -0.2) is 34.3 Å². The zero-order valence-electron chi connectivity index (χ0n) is 9.69. The van der Waals surface area contributed by atoms with Crippen LogP contribution in [0, 0.1) is 0 Å². The highest BCUT2D eigenvalue weighted by Gasteiger charge is 2.20. The summed E-state index contributed by atoms with van der Waals surface area (Å²) in [6.07, 6.45) is 5.09. The van der Waals surface area contributed by atoms with Gasteiger partial charge in [-0.15, -0.1) is 0 Å². The summed E-state index contributed by atoms with van der Waals surface area (Å²) in [6.45, 7) is 5.64. The van der Waals surface area contributed by atoms with Crippen molar-refractivity contribution in [3.8, 4) is 0 Å². The topological polar surface area (TPSA) is 47.1 Å². The molecule has 4 nitrogen and oxygen atoms in total. The molecule has 1 saturated heterocycles. The normalized spacial score (nSPS) is 23.2. The fourth-order valence-electron chi connectivity index (χ4n) is 2.34. The Bertz CT molecular complexity index is 350. The Balaban J connectivity index is 2.07. The first-order valence-electron chi connectivity index (χ1n) is 5.93. The third kappa shape index (κ3) is 2.33. The van der Waals surface area contributed by atoms with E-state index in [1.807, 2.05) is 4.68 Å². The molecule has 0 saturated carbocycles. The van der Waals surface area contributed by atoms with Gasteiger partial charge in [0.15, 0.2) is 0 Å². The van der Waals surface area contributed by atoms with E-state index in [-0.39, 0.29) is 0 Å². The van der Waals surface area contributed by atoms with Gasteiger partial charge in [0.25, 0.3) is 0 Å². The van der Waals surface area contributed by atoms with Gasteiger partial charge in [0.1, 0.15) is 10.8 Å². The van der Waals surface area contributed by atoms with E-state index < -0.39 is 0 Å². The van der Waals surface area contributed by atoms with Gasteiger partial charge in [0, 0.05) is 6.54 Å². The average molecular weight is 243 g/mol. The van der Waals surface area contributed by atoms with Gasteiger partial charge in [-0.3, -0.25) is 0 Å². The second-order valence-corrected chi connectivity index (χ2v) is 4.75. The van der Waals surface area contributed by atoms with Crippen LogP contribution in [0.2, 0.25) is 5.02 Å². The third-order valence-electron chi connectivity index (χ3n) is 3.37. The van der Waals surface area contributed by atoms with Gasteiger partial charge >= 0.3 is 0 Å². The van der Waals surface area contributed by atoms with Crippen LogP contribution in [-0.2, 0) is 0 Å². The van der Waals surface area contributed by atoms with Crippen molar-refractivity contribution in [3.63, 3.8) is 0 Å². The van der Waals surface area contributed by atoms with Crippen molar-refractivity contribution in [2.24, 2.45) is 0 Å². The van der Waals surface area contributed by atoms with Gasteiger partial charge in [-0.25, -0.2) is 4.68 Å². The molecule has 1 unspecified atom stereocenters. The number of hydrogen-bond donors (Lipinski definition) is 1. The zero-order valence-corrected chi connectivity index (χ0v) is 10.5. The van der Waals surface area contributed by atoms with E-state index in [0.29, 0.717) is 16.9 Å². The summed E-state index contributed by atoms with van der Waals surface area (Å²) in [7, 11) is 0. The summed E-state index contributed by atoms with van der Waals surface area (Å²) >= 11 is 5.93. The SMILES string of the molecule is CCN1CCCC(n2ncc(Cl)c2N)CC1. The number of nitrogen functional groups attached to an aromatic ring is 1. The second kappa shape index (κ2) is 5.06. The van der Waals surface area contributed by atoms with Crippen molar-refractivity contribution in [1.82, 2.24) is 14.7 Å². The van der Waals surface area contributed by atoms with Crippen LogP contribution >= 0.6 is 11.6 Å². The molecule has 1 aliphatic rings. The Morgan fingerprint density at radius 3 is 2.94 bits per heavy atom. The van der Waals surface area contributed by atoms with Gasteiger partial charge < -0.3 is 10.6 Å². The van der Waals surface area contributed by atoms with Gasteiger partial charge in [-0.05, 0) is 32.4 Å². The summed E-state index contributed by atoms with van der Waals surface area (Å²) in [5.74, 6) is 0.608. The number of hydrogen-bond acceptors (Lipinski definition) is 3. The molecule has 0 amide bonds. The van der Waals surface area contributed by atoms with E-state index in [1.165, 1.54) is 13.0 Å². The van der Waals surface area contributed by atoms with E-state index in [1.54, 1.807) is 6.20 Å². The fourth-order valence-corrected chi connectivity index (χ4v) is 2.47. The van der Waals surface area contributed by atoms with Crippen LogP contribution in [0.15, 0.2) is 6.20 Å². The summed E-state index contributed by atoms with van der Waals surface area (Å²) in [5.41, 5.74) is 5.91. The molecule has 2 heterocycles. The average Bonchev–Trinajstić information content (AvgIpc) is 2.55. The van der Waals surface area contributed by atoms with Crippen molar-refractivity contribution in [1.29, 1.82) is 0 Å². The number of nitrogens with two attached hydrogens (primary N) is 1. The first-order valence-corrected chi connectivity index (χ1v) is 6.31. The summed E-state index contributed by atoms with van der Waals surface area (Å²) in [4.78, 5) is 2.47. The highest BCUT2D eigenvalue weighted by molar-refractivity contribution is 6.32. The lowest BCUT2D eigenvalue weighted by Gasteiger charge is -2.18. The van der Waals surface area contributed by atoms with Gasteiger partial charge in [0.05, 0.1) is 12.2 Å². The van der Waals surface area contributed by atoms with E-state index in [4.69, 9.17) is 17.3 Å². The quantitative estimate of drug-likeness (QED) is 0.865. The molecule has 0 aromatic carbocycles. The number of aromatic nitrogens is 2. The summed E-state index contributed by atoms with van der Waals surface area (Å²) in [5, 5.41) is 4.84. The van der Waals surface area contributed by atoms with Crippen LogP contribution in [0.3, 0.4) is 0 Å². The number of halogens is 1. The minimum atomic E-state index is 0.407. The molecule has 0 radical (unpaired) electrons. The molecule has 1 fully saturated rings. The number of likely N-dealkylation sites (tertiary alicyclic amines) is 1. The fraction of sp³-hybridized carbons (Fsp3) is 0.727. The third-order valence-corrected chi connectivity index (χ3v) is 3.66. The van der Waals surface area contributed by atoms with Crippen molar-refractivity contribution < 1.29 is 0 Å². The highest BCUT2D eigenvalue weighted by atomic mass is 35.5. The van der Waals surface area contributed by atoms with Crippen LogP contribution in [0.25, 0.3) is 0 Å². The molecule has 1 aromatic rings. The van der Waals surface area contributed by atoms with Crippen molar-refractivity contribution in [3.05, 3.63) is 11.2 Å². The molecule has 2 rings (SSSR count). The number of rotatable bonds is 2. The maximum Gasteiger partial charge on any atom is 0.140 e. The van der Waals surface area contributed by atoms with Crippen molar-refractivity contribution in [2.75, 3.05) is 25.4 Å². The lowest BCUT2D eigenvalue weighted by Crippen LogP contribution is -2.24. The molecule has 0 spiro atoms. The monoisotopic (exact) mass is 242 g/mol. The van der Waals surface area contributed by atoms with Crippen LogP contribution in [0.5, 0.6) is 0 Å². The largest absolute Gasteiger partial charge is 0.383 e. The van der Waals surface area contributed by atoms with E-state index >= 15 is 0 Å². The van der Waals surface area contributed by atoms with Crippen LogP contribution in [0.1, 0.15) is 32.2 Å². The van der Waals surface area contributed by atoms with E-state index in [0.717, 1.165) is 25.9 Å². The number of nitrogens with zero attached hydrogens (tertiary/aromatic N) is 3. The Morgan fingerprint density at radius 1 is 1.50 bits per heavy atom. The van der Waals surface area contributed by atoms with Gasteiger partial charge in [0.2, 0.25) is 0 Å². The Morgan fingerprint density at radius 2 is 2.31 bits per heavy atom. The molecule has 1 aromatic heterocycles. The predicted molar refractivity (Wildman–Crippen MR) is 66.7 cm³/mol. The summed E-state index contributed by atoms with van der Waals surface area (Å²) in [6, 6.07) is 0.407. The van der Waals surface area contributed by atoms with Crippen LogP contribution in [0.4, 0.5) is 5.82 Å². The maximum absolute atomic E-state index is 5.93. The zero-order chi connectivity index (χ0) is 11.5. The maximum atomic E-state index is 5.93. The summed E-state index contributed by atoms with van der Waals surface area (Å²) < 4.78 is 1.89. The highest BCUT2D eigenvalue weighted by Crippen LogP contribution is 2.27. The minimum Gasteiger partial charge on any atom is -0.383 e. The lowest BCUT2D eigenvalue weighted by molar-refractivity contribution is 0.294. The minimum absolute atomic E-state index is 0.407. The molecule has 5 heteroatoms. The Hall–Kier alpha value is -0.740. The van der Waals surface area contributed by atoms with E-state index in [2.05, 4.69) is 16.9 Å². The second-order valence-electron chi connectivity index (χ2n) is 4.34. The standard InChI is InChI=1S/C11H19ClN4/c1-2-15-6-3-4-9(5-7-15)16-11(13)10(12)8-14-16/h8-9H,2-7,13H2,1H3. The molecule has 90 valence electrons. The van der Waals surface area contributed by atoms with Gasteiger partial charge in [-0.1, -0.05) is 18.5 Å². The lowest BCUT2D eigenvalue weighted by atomic mass is 10.1. The number of anilines is 1. The molecule has 16 heavy (non-hydrogen) atoms. The molecule has 2 N–H and O–H groups in total. The van der Waals surface area contributed by atoms with Crippen molar-refractivity contribution >= 4 is 17.4 Å².